The topological polar surface area (TPSA) is 109 Å². The monoisotopic (exact) mass is 334 g/mol. The van der Waals surface area contributed by atoms with E-state index in [2.05, 4.69) is 20.3 Å². The molecule has 2 aliphatic rings. The molecule has 2 aromatic heterocycles. The molecule has 0 aliphatic carbocycles. The third-order valence-electron chi connectivity index (χ3n) is 4.47. The number of nitrogens with two attached hydrogens (primary N) is 1. The molecule has 9 heteroatoms. The van der Waals surface area contributed by atoms with E-state index >= 15 is 0 Å². The number of hydrogen-bond donors (Lipinski definition) is 2. The Morgan fingerprint density at radius 2 is 2.04 bits per heavy atom. The fourth-order valence-corrected chi connectivity index (χ4v) is 3.57. The Hall–Kier alpha value is -1.81. The van der Waals surface area contributed by atoms with Gasteiger partial charge in [-0.1, -0.05) is 0 Å². The Morgan fingerprint density at radius 3 is 2.79 bits per heavy atom. The average molecular weight is 334 g/mol. The van der Waals surface area contributed by atoms with Crippen LogP contribution in [0, 0.1) is 6.92 Å². The van der Waals surface area contributed by atoms with E-state index in [4.69, 9.17) is 19.9 Å². The number of rotatable bonds is 3. The maximum absolute atomic E-state index is 6.24. The van der Waals surface area contributed by atoms with Crippen LogP contribution in [0.15, 0.2) is 6.33 Å². The number of aromatic nitrogens is 4. The highest BCUT2D eigenvalue weighted by atomic mass is 16.8. The van der Waals surface area contributed by atoms with Crippen molar-refractivity contribution in [3.63, 3.8) is 0 Å². The summed E-state index contributed by atoms with van der Waals surface area (Å²) in [6, 6.07) is 0. The molecule has 4 rings (SSSR count). The second kappa shape index (κ2) is 5.35. The zero-order valence-corrected chi connectivity index (χ0v) is 14.2. The lowest BCUT2D eigenvalue weighted by Gasteiger charge is -2.25. The summed E-state index contributed by atoms with van der Waals surface area (Å²) in [4.78, 5) is 12.9. The van der Waals surface area contributed by atoms with Crippen LogP contribution in [0.4, 0.5) is 5.82 Å². The quantitative estimate of drug-likeness (QED) is 0.828. The van der Waals surface area contributed by atoms with Crippen molar-refractivity contribution in [2.75, 3.05) is 19.3 Å². The Kier molecular flexibility index (Phi) is 3.50. The van der Waals surface area contributed by atoms with Crippen LogP contribution in [-0.2, 0) is 14.2 Å². The van der Waals surface area contributed by atoms with Gasteiger partial charge in [-0.05, 0) is 27.8 Å². The lowest BCUT2D eigenvalue weighted by molar-refractivity contribution is -0.195. The molecule has 0 saturated carbocycles. The number of imidazole rings is 1. The van der Waals surface area contributed by atoms with Crippen LogP contribution < -0.4 is 11.1 Å². The van der Waals surface area contributed by atoms with Gasteiger partial charge in [-0.2, -0.15) is 0 Å². The molecule has 24 heavy (non-hydrogen) atoms. The van der Waals surface area contributed by atoms with Gasteiger partial charge in [-0.15, -0.1) is 0 Å². The minimum atomic E-state index is -0.651. The second-order valence-electron chi connectivity index (χ2n) is 6.65. The van der Waals surface area contributed by atoms with Crippen molar-refractivity contribution in [1.82, 2.24) is 24.8 Å². The van der Waals surface area contributed by atoms with Crippen molar-refractivity contribution in [3.05, 3.63) is 12.2 Å². The average Bonchev–Trinajstić information content (AvgIpc) is 3.10. The molecule has 0 aromatic carbocycles. The number of nitrogen functional groups attached to an aromatic ring is 1. The number of fused-ring (bicyclic) bond motifs is 2. The van der Waals surface area contributed by atoms with Crippen LogP contribution >= 0.6 is 0 Å². The molecular weight excluding hydrogens is 312 g/mol. The fraction of sp³-hybridized carbons (Fsp3) is 0.667. The SMILES string of the molecule is CNC[C@H]1O[C@@H](n2c(C)nc3c(N)ncnc32)[C@@H]2OC(C)(C)O[C@@H]21. The van der Waals surface area contributed by atoms with Crippen LogP contribution in [0.3, 0.4) is 0 Å². The zero-order valence-electron chi connectivity index (χ0n) is 14.2. The summed E-state index contributed by atoms with van der Waals surface area (Å²) >= 11 is 0. The number of anilines is 1. The number of ether oxygens (including phenoxy) is 3. The highest BCUT2D eigenvalue weighted by Gasteiger charge is 2.56. The van der Waals surface area contributed by atoms with Gasteiger partial charge in [0, 0.05) is 6.54 Å². The molecule has 130 valence electrons. The second-order valence-corrected chi connectivity index (χ2v) is 6.65. The van der Waals surface area contributed by atoms with E-state index in [1.165, 1.54) is 6.33 Å². The van der Waals surface area contributed by atoms with Crippen molar-refractivity contribution < 1.29 is 14.2 Å². The van der Waals surface area contributed by atoms with Gasteiger partial charge in [0.2, 0.25) is 0 Å². The van der Waals surface area contributed by atoms with E-state index in [1.807, 2.05) is 32.4 Å². The number of aryl methyl sites for hydroxylation is 1. The Balaban J connectivity index is 1.79. The molecule has 2 fully saturated rings. The number of nitrogens with one attached hydrogen (secondary N) is 1. The Morgan fingerprint density at radius 1 is 1.29 bits per heavy atom. The molecule has 4 atom stereocenters. The molecule has 3 N–H and O–H groups in total. The van der Waals surface area contributed by atoms with Crippen LogP contribution in [0.1, 0.15) is 25.9 Å². The van der Waals surface area contributed by atoms with Gasteiger partial charge in [-0.25, -0.2) is 15.0 Å². The van der Waals surface area contributed by atoms with E-state index in [0.717, 1.165) is 5.82 Å². The summed E-state index contributed by atoms with van der Waals surface area (Å²) in [5.74, 6) is 0.452. The minimum Gasteiger partial charge on any atom is -0.382 e. The van der Waals surface area contributed by atoms with Gasteiger partial charge in [0.25, 0.3) is 0 Å². The highest BCUT2D eigenvalue weighted by molar-refractivity contribution is 5.81. The van der Waals surface area contributed by atoms with Gasteiger partial charge in [-0.3, -0.25) is 4.57 Å². The van der Waals surface area contributed by atoms with Gasteiger partial charge >= 0.3 is 0 Å². The molecule has 9 nitrogen and oxygen atoms in total. The zero-order chi connectivity index (χ0) is 17.1. The molecule has 0 unspecified atom stereocenters. The number of hydrogen-bond acceptors (Lipinski definition) is 8. The van der Waals surface area contributed by atoms with Crippen molar-refractivity contribution in [1.29, 1.82) is 0 Å². The molecule has 4 heterocycles. The van der Waals surface area contributed by atoms with Crippen LogP contribution in [0.25, 0.3) is 11.2 Å². The first-order valence-corrected chi connectivity index (χ1v) is 8.02. The molecule has 2 aromatic rings. The molecule has 2 aliphatic heterocycles. The van der Waals surface area contributed by atoms with Crippen LogP contribution in [0.2, 0.25) is 0 Å². The lowest BCUT2D eigenvalue weighted by Crippen LogP contribution is -2.36. The van der Waals surface area contributed by atoms with E-state index in [-0.39, 0.29) is 24.5 Å². The van der Waals surface area contributed by atoms with Crippen molar-refractivity contribution in [2.45, 2.75) is 51.1 Å². The summed E-state index contributed by atoms with van der Waals surface area (Å²) in [5.41, 5.74) is 7.14. The molecule has 0 bridgehead atoms. The summed E-state index contributed by atoms with van der Waals surface area (Å²) in [7, 11) is 1.89. The molecule has 0 amide bonds. The van der Waals surface area contributed by atoms with E-state index in [9.17, 15) is 0 Å². The van der Waals surface area contributed by atoms with Gasteiger partial charge < -0.3 is 25.3 Å². The highest BCUT2D eigenvalue weighted by Crippen LogP contribution is 2.44. The van der Waals surface area contributed by atoms with Gasteiger partial charge in [0.1, 0.15) is 30.5 Å². The maximum atomic E-state index is 6.24. The third kappa shape index (κ3) is 2.27. The maximum Gasteiger partial charge on any atom is 0.167 e. The van der Waals surface area contributed by atoms with E-state index in [0.29, 0.717) is 23.5 Å². The first-order valence-electron chi connectivity index (χ1n) is 8.02. The van der Waals surface area contributed by atoms with Crippen molar-refractivity contribution in [2.24, 2.45) is 0 Å². The first kappa shape index (κ1) is 15.7. The van der Waals surface area contributed by atoms with E-state index in [1.54, 1.807) is 0 Å². The standard InChI is InChI=1S/C15H22N6O3/c1-7-20-9-12(16)18-6-19-13(9)21(7)14-11-10(8(22-14)5-17-4)23-15(2,3)24-11/h6,8,10-11,14,17H,5H2,1-4H3,(H2,16,18,19)/t8-,10-,11-,14-/m1/s1. The Labute approximate surface area is 139 Å². The van der Waals surface area contributed by atoms with E-state index < -0.39 is 5.79 Å². The van der Waals surface area contributed by atoms with Crippen molar-refractivity contribution in [3.8, 4) is 0 Å². The van der Waals surface area contributed by atoms with Gasteiger partial charge in [0.05, 0.1) is 0 Å². The predicted molar refractivity (Wildman–Crippen MR) is 86.1 cm³/mol. The van der Waals surface area contributed by atoms with Crippen LogP contribution in [-0.4, -0.2) is 57.2 Å². The van der Waals surface area contributed by atoms with Crippen molar-refractivity contribution >= 4 is 17.0 Å². The smallest absolute Gasteiger partial charge is 0.167 e. The normalized spacial score (nSPS) is 31.7. The largest absolute Gasteiger partial charge is 0.382 e. The fourth-order valence-electron chi connectivity index (χ4n) is 3.57. The third-order valence-corrected chi connectivity index (χ3v) is 4.47. The summed E-state index contributed by atoms with van der Waals surface area (Å²) in [6.07, 6.45) is 0.527. The summed E-state index contributed by atoms with van der Waals surface area (Å²) in [5, 5.41) is 3.15. The number of likely N-dealkylation sites (N-methyl/N-ethyl adjacent to an activating group) is 1. The first-order chi connectivity index (χ1) is 11.4. The molecule has 0 spiro atoms. The molecule has 2 saturated heterocycles. The predicted octanol–water partition coefficient (Wildman–Crippen LogP) is 0.354. The Bertz CT molecular complexity index is 776. The van der Waals surface area contributed by atoms with Crippen LogP contribution in [0.5, 0.6) is 0 Å². The molecule has 0 radical (unpaired) electrons. The van der Waals surface area contributed by atoms with Gasteiger partial charge in [0.15, 0.2) is 29.0 Å². The minimum absolute atomic E-state index is 0.122. The lowest BCUT2D eigenvalue weighted by atomic mass is 10.1. The summed E-state index contributed by atoms with van der Waals surface area (Å²) < 4.78 is 20.4. The molecular formula is C15H22N6O3. The number of nitrogens with zero attached hydrogens (tertiary/aromatic N) is 4. The summed E-state index contributed by atoms with van der Waals surface area (Å²) in [6.45, 7) is 6.39.